The monoisotopic (exact) mass is 362 g/mol. The minimum atomic E-state index is -0.234. The lowest BCUT2D eigenvalue weighted by Crippen LogP contribution is -2.13. The van der Waals surface area contributed by atoms with Gasteiger partial charge in [-0.05, 0) is 61.5 Å². The molecule has 4 rings (SSSR count). The SMILES string of the molecule is Cc1ccc(Oc2ccc(N=C3C(=O)Nc4ccc(Cl)cc43)cc2)cc1. The standard InChI is InChI=1S/C21H15ClN2O2/c1-13-2-7-16(8-3-13)26-17-9-5-15(6-10-17)23-20-18-12-14(22)4-11-19(18)24-21(20)25/h2-12H,1H3,(H,23,24,25). The second-order valence-electron chi connectivity index (χ2n) is 6.01. The lowest BCUT2D eigenvalue weighted by molar-refractivity contribution is -0.110. The van der Waals surface area contributed by atoms with E-state index in [1.807, 2.05) is 55.5 Å². The number of hydrogen-bond donors (Lipinski definition) is 1. The number of carbonyl (C=O) groups is 1. The number of rotatable bonds is 3. The van der Waals surface area contributed by atoms with Crippen molar-refractivity contribution < 1.29 is 9.53 Å². The van der Waals surface area contributed by atoms with Gasteiger partial charge in [0, 0.05) is 10.6 Å². The molecule has 0 saturated heterocycles. The van der Waals surface area contributed by atoms with Crippen LogP contribution in [0.4, 0.5) is 11.4 Å². The summed E-state index contributed by atoms with van der Waals surface area (Å²) in [6.45, 7) is 2.03. The van der Waals surface area contributed by atoms with Crippen LogP contribution in [0.5, 0.6) is 11.5 Å². The summed E-state index contributed by atoms with van der Waals surface area (Å²) < 4.78 is 5.81. The smallest absolute Gasteiger partial charge is 0.275 e. The van der Waals surface area contributed by atoms with E-state index < -0.39 is 0 Å². The molecule has 128 valence electrons. The molecule has 1 aliphatic rings. The number of ether oxygens (including phenoxy) is 1. The molecule has 0 aliphatic carbocycles. The highest BCUT2D eigenvalue weighted by Crippen LogP contribution is 2.29. The van der Waals surface area contributed by atoms with Crippen LogP contribution in [0.2, 0.25) is 5.02 Å². The first kappa shape index (κ1) is 16.4. The van der Waals surface area contributed by atoms with E-state index in [1.54, 1.807) is 18.2 Å². The van der Waals surface area contributed by atoms with E-state index in [0.717, 1.165) is 11.4 Å². The molecule has 0 atom stereocenters. The Kier molecular flexibility index (Phi) is 4.19. The number of fused-ring (bicyclic) bond motifs is 1. The maximum atomic E-state index is 12.2. The number of nitrogens with zero attached hydrogens (tertiary/aromatic N) is 1. The van der Waals surface area contributed by atoms with Crippen molar-refractivity contribution in [3.05, 3.63) is 82.9 Å². The van der Waals surface area contributed by atoms with Crippen LogP contribution in [0.3, 0.4) is 0 Å². The predicted octanol–water partition coefficient (Wildman–Crippen LogP) is 5.51. The fourth-order valence-corrected chi connectivity index (χ4v) is 2.87. The van der Waals surface area contributed by atoms with Crippen LogP contribution in [-0.4, -0.2) is 11.6 Å². The maximum Gasteiger partial charge on any atom is 0.275 e. The van der Waals surface area contributed by atoms with E-state index in [2.05, 4.69) is 10.3 Å². The van der Waals surface area contributed by atoms with Crippen molar-refractivity contribution in [1.82, 2.24) is 0 Å². The Morgan fingerprint density at radius 3 is 2.27 bits per heavy atom. The molecule has 3 aromatic rings. The van der Waals surface area contributed by atoms with Crippen molar-refractivity contribution in [2.45, 2.75) is 6.92 Å². The Morgan fingerprint density at radius 2 is 1.58 bits per heavy atom. The third-order valence-corrected chi connectivity index (χ3v) is 4.27. The summed E-state index contributed by atoms with van der Waals surface area (Å²) in [6.07, 6.45) is 0. The number of carbonyl (C=O) groups excluding carboxylic acids is 1. The van der Waals surface area contributed by atoms with Crippen molar-refractivity contribution in [3.8, 4) is 11.5 Å². The summed E-state index contributed by atoms with van der Waals surface area (Å²) in [5.74, 6) is 1.24. The zero-order chi connectivity index (χ0) is 18.1. The molecule has 0 bridgehead atoms. The average Bonchev–Trinajstić information content (AvgIpc) is 2.94. The van der Waals surface area contributed by atoms with E-state index in [-0.39, 0.29) is 5.91 Å². The van der Waals surface area contributed by atoms with Gasteiger partial charge in [0.15, 0.2) is 0 Å². The molecule has 0 aromatic heterocycles. The first-order valence-electron chi connectivity index (χ1n) is 8.13. The van der Waals surface area contributed by atoms with Gasteiger partial charge < -0.3 is 10.1 Å². The number of benzene rings is 3. The van der Waals surface area contributed by atoms with Crippen LogP contribution in [0.15, 0.2) is 71.7 Å². The molecule has 1 N–H and O–H groups in total. The second-order valence-corrected chi connectivity index (χ2v) is 6.45. The Balaban J connectivity index is 1.58. The number of aryl methyl sites for hydroxylation is 1. The predicted molar refractivity (Wildman–Crippen MR) is 104 cm³/mol. The molecule has 0 saturated carbocycles. The molecule has 3 aromatic carbocycles. The largest absolute Gasteiger partial charge is 0.457 e. The van der Waals surface area contributed by atoms with Gasteiger partial charge in [-0.3, -0.25) is 4.79 Å². The number of anilines is 1. The quantitative estimate of drug-likeness (QED) is 0.667. The average molecular weight is 363 g/mol. The summed E-state index contributed by atoms with van der Waals surface area (Å²) in [5.41, 5.74) is 3.63. The lowest BCUT2D eigenvalue weighted by Gasteiger charge is -2.06. The van der Waals surface area contributed by atoms with Crippen LogP contribution >= 0.6 is 11.6 Å². The number of hydrogen-bond acceptors (Lipinski definition) is 3. The van der Waals surface area contributed by atoms with Gasteiger partial charge >= 0.3 is 0 Å². The molecule has 4 nitrogen and oxygen atoms in total. The van der Waals surface area contributed by atoms with Crippen molar-refractivity contribution in [2.24, 2.45) is 4.99 Å². The number of nitrogens with one attached hydrogen (secondary N) is 1. The molecule has 0 fully saturated rings. The minimum absolute atomic E-state index is 0.234. The highest BCUT2D eigenvalue weighted by molar-refractivity contribution is 6.54. The molecule has 26 heavy (non-hydrogen) atoms. The molecule has 1 heterocycles. The summed E-state index contributed by atoms with van der Waals surface area (Å²) in [4.78, 5) is 16.6. The van der Waals surface area contributed by atoms with Crippen molar-refractivity contribution >= 4 is 34.6 Å². The zero-order valence-corrected chi connectivity index (χ0v) is 14.7. The highest BCUT2D eigenvalue weighted by atomic mass is 35.5. The molecular formula is C21H15ClN2O2. The van der Waals surface area contributed by atoms with Crippen LogP contribution in [0.25, 0.3) is 0 Å². The van der Waals surface area contributed by atoms with Gasteiger partial charge in [-0.15, -0.1) is 0 Å². The summed E-state index contributed by atoms with van der Waals surface area (Å²) in [7, 11) is 0. The Labute approximate surface area is 156 Å². The van der Waals surface area contributed by atoms with Gasteiger partial charge in [0.05, 0.1) is 11.4 Å². The molecule has 1 amide bonds. The fourth-order valence-electron chi connectivity index (χ4n) is 2.70. The molecule has 0 radical (unpaired) electrons. The van der Waals surface area contributed by atoms with Crippen molar-refractivity contribution in [3.63, 3.8) is 0 Å². The van der Waals surface area contributed by atoms with Gasteiger partial charge in [-0.2, -0.15) is 0 Å². The van der Waals surface area contributed by atoms with Crippen molar-refractivity contribution in [2.75, 3.05) is 5.32 Å². The van der Waals surface area contributed by atoms with E-state index >= 15 is 0 Å². The van der Waals surface area contributed by atoms with E-state index in [9.17, 15) is 4.79 Å². The number of halogens is 1. The van der Waals surface area contributed by atoms with Crippen LogP contribution in [0.1, 0.15) is 11.1 Å². The summed E-state index contributed by atoms with van der Waals surface area (Å²) >= 11 is 6.04. The van der Waals surface area contributed by atoms with Crippen LogP contribution < -0.4 is 10.1 Å². The van der Waals surface area contributed by atoms with E-state index in [1.165, 1.54) is 5.56 Å². The third-order valence-electron chi connectivity index (χ3n) is 4.03. The third kappa shape index (κ3) is 3.32. The molecule has 1 aliphatic heterocycles. The van der Waals surface area contributed by atoms with Crippen LogP contribution in [-0.2, 0) is 4.79 Å². The Hall–Kier alpha value is -3.11. The van der Waals surface area contributed by atoms with Gasteiger partial charge in [0.2, 0.25) is 0 Å². The Morgan fingerprint density at radius 1 is 0.923 bits per heavy atom. The van der Waals surface area contributed by atoms with Gasteiger partial charge in [0.25, 0.3) is 5.91 Å². The van der Waals surface area contributed by atoms with Gasteiger partial charge in [-0.25, -0.2) is 4.99 Å². The molecule has 0 spiro atoms. The molecule has 5 heteroatoms. The molecular weight excluding hydrogens is 348 g/mol. The highest BCUT2D eigenvalue weighted by Gasteiger charge is 2.26. The second kappa shape index (κ2) is 6.65. The van der Waals surface area contributed by atoms with Crippen LogP contribution in [0, 0.1) is 6.92 Å². The summed E-state index contributed by atoms with van der Waals surface area (Å²) in [6, 6.07) is 20.4. The fraction of sp³-hybridized carbons (Fsp3) is 0.0476. The maximum absolute atomic E-state index is 12.2. The first-order chi connectivity index (χ1) is 12.6. The van der Waals surface area contributed by atoms with E-state index in [4.69, 9.17) is 16.3 Å². The normalized spacial score (nSPS) is 14.2. The number of aliphatic imine (C=N–C) groups is 1. The van der Waals surface area contributed by atoms with Crippen molar-refractivity contribution in [1.29, 1.82) is 0 Å². The zero-order valence-electron chi connectivity index (χ0n) is 14.0. The number of amides is 1. The van der Waals surface area contributed by atoms with Gasteiger partial charge in [0.1, 0.15) is 17.2 Å². The lowest BCUT2D eigenvalue weighted by atomic mass is 10.1. The summed E-state index contributed by atoms with van der Waals surface area (Å²) in [5, 5.41) is 3.36. The first-order valence-corrected chi connectivity index (χ1v) is 8.51. The minimum Gasteiger partial charge on any atom is -0.457 e. The topological polar surface area (TPSA) is 50.7 Å². The van der Waals surface area contributed by atoms with E-state index in [0.29, 0.717) is 27.7 Å². The van der Waals surface area contributed by atoms with Gasteiger partial charge in [-0.1, -0.05) is 29.3 Å². The molecule has 0 unspecified atom stereocenters. The Bertz CT molecular complexity index is 1010.